The number of carbonyl (C=O) groups excluding carboxylic acids is 8. The molecule has 0 fully saturated rings. The summed E-state index contributed by atoms with van der Waals surface area (Å²) in [7, 11) is 0. The maximum absolute atomic E-state index is 13.6. The zero-order valence-corrected chi connectivity index (χ0v) is 32.3. The fraction of sp³-hybridized carbons (Fsp3) is 0.289. The fourth-order valence-corrected chi connectivity index (χ4v) is 6.47. The van der Waals surface area contributed by atoms with Crippen molar-refractivity contribution in [3.05, 3.63) is 129 Å². The number of rotatable bonds is 19. The highest BCUT2D eigenvalue weighted by Gasteiger charge is 2.32. The summed E-state index contributed by atoms with van der Waals surface area (Å²) in [5.74, 6) is -7.17. The Labute approximate surface area is 339 Å². The molecule has 4 aromatic rings. The van der Waals surface area contributed by atoms with Crippen LogP contribution in [-0.2, 0) is 20.8 Å². The van der Waals surface area contributed by atoms with E-state index in [2.05, 4.69) is 21.7 Å². The van der Waals surface area contributed by atoms with Gasteiger partial charge >= 0.3 is 41.8 Å². The van der Waals surface area contributed by atoms with Crippen LogP contribution in [0.1, 0.15) is 160 Å². The van der Waals surface area contributed by atoms with Crippen LogP contribution in [0.5, 0.6) is 11.5 Å². The smallest absolute Gasteiger partial charge is 0.346 e. The first kappa shape index (κ1) is 41.7. The topological polar surface area (TPSA) is 195 Å². The molecule has 0 unspecified atom stereocenters. The zero-order chi connectivity index (χ0) is 41.9. The predicted molar refractivity (Wildman–Crippen MR) is 208 cm³/mol. The average Bonchev–Trinajstić information content (AvgIpc) is 3.70. The van der Waals surface area contributed by atoms with E-state index in [1.807, 2.05) is 0 Å². The predicted octanol–water partition coefficient (Wildman–Crippen LogP) is 7.75. The van der Waals surface area contributed by atoms with Gasteiger partial charge in [0.2, 0.25) is 0 Å². The number of hydrogen-bond acceptors (Lipinski definition) is 13. The van der Waals surface area contributed by atoms with Crippen LogP contribution in [0.2, 0.25) is 0 Å². The number of cyclic esters (lactones) is 4. The van der Waals surface area contributed by atoms with Gasteiger partial charge in [0.1, 0.15) is 23.7 Å². The van der Waals surface area contributed by atoms with E-state index in [1.165, 1.54) is 81.3 Å². The van der Waals surface area contributed by atoms with E-state index in [-0.39, 0.29) is 63.0 Å². The minimum absolute atomic E-state index is 0.00731. The Morgan fingerprint density at radius 1 is 0.525 bits per heavy atom. The monoisotopic (exact) mass is 803 g/mol. The van der Waals surface area contributed by atoms with Gasteiger partial charge < -0.3 is 29.0 Å². The van der Waals surface area contributed by atoms with E-state index < -0.39 is 41.8 Å². The SMILES string of the molecule is CCCCCCCCCCCCNC(=O)c1ccc(COC(=O)c2cc(OC(=O)c3ccc4c(c3)C(=O)OC4=O)ccc2OC(=O)c2ccc3c(c2)C(=O)OC3=O)cc1. The van der Waals surface area contributed by atoms with Crippen molar-refractivity contribution in [2.75, 3.05) is 6.54 Å². The molecule has 0 saturated heterocycles. The lowest BCUT2D eigenvalue weighted by atomic mass is 10.1. The Bertz CT molecular complexity index is 2310. The van der Waals surface area contributed by atoms with Crippen molar-refractivity contribution in [3.63, 3.8) is 0 Å². The van der Waals surface area contributed by atoms with Gasteiger partial charge in [-0.3, -0.25) is 4.79 Å². The van der Waals surface area contributed by atoms with E-state index in [1.54, 1.807) is 24.3 Å². The summed E-state index contributed by atoms with van der Waals surface area (Å²) in [6, 6.07) is 17.3. The number of fused-ring (bicyclic) bond motifs is 2. The minimum Gasteiger partial charge on any atom is -0.457 e. The molecule has 0 aliphatic carbocycles. The first-order chi connectivity index (χ1) is 28.5. The van der Waals surface area contributed by atoms with Crippen LogP contribution in [0.25, 0.3) is 0 Å². The quantitative estimate of drug-likeness (QED) is 0.0318. The number of amides is 1. The molecule has 0 bridgehead atoms. The largest absolute Gasteiger partial charge is 0.457 e. The molecule has 1 N–H and O–H groups in total. The highest BCUT2D eigenvalue weighted by Crippen LogP contribution is 2.29. The van der Waals surface area contributed by atoms with Gasteiger partial charge in [0.15, 0.2) is 0 Å². The number of esters is 7. The maximum Gasteiger partial charge on any atom is 0.346 e. The molecule has 0 saturated carbocycles. The molecule has 6 rings (SSSR count). The van der Waals surface area contributed by atoms with Crippen molar-refractivity contribution >= 4 is 47.7 Å². The number of hydrogen-bond donors (Lipinski definition) is 1. The van der Waals surface area contributed by atoms with Crippen LogP contribution in [0.3, 0.4) is 0 Å². The minimum atomic E-state index is -1.000. The van der Waals surface area contributed by atoms with Gasteiger partial charge in [-0.25, -0.2) is 33.6 Å². The summed E-state index contributed by atoms with van der Waals surface area (Å²) in [6.45, 7) is 2.53. The average molecular weight is 804 g/mol. The van der Waals surface area contributed by atoms with Gasteiger partial charge in [0, 0.05) is 12.1 Å². The zero-order valence-electron chi connectivity index (χ0n) is 32.3. The first-order valence-corrected chi connectivity index (χ1v) is 19.5. The Morgan fingerprint density at radius 2 is 1.03 bits per heavy atom. The second-order valence-corrected chi connectivity index (χ2v) is 14.0. The van der Waals surface area contributed by atoms with Crippen LogP contribution >= 0.6 is 0 Å². The van der Waals surface area contributed by atoms with Gasteiger partial charge in [-0.1, -0.05) is 76.8 Å². The van der Waals surface area contributed by atoms with E-state index in [4.69, 9.17) is 14.2 Å². The lowest BCUT2D eigenvalue weighted by Gasteiger charge is -2.13. The third-order valence-corrected chi connectivity index (χ3v) is 9.75. The summed E-state index contributed by atoms with van der Waals surface area (Å²) in [4.78, 5) is 100. The lowest BCUT2D eigenvalue weighted by Crippen LogP contribution is -2.24. The molecule has 59 heavy (non-hydrogen) atoms. The van der Waals surface area contributed by atoms with Gasteiger partial charge in [0.25, 0.3) is 5.91 Å². The molecule has 304 valence electrons. The fourth-order valence-electron chi connectivity index (χ4n) is 6.47. The third kappa shape index (κ3) is 10.5. The molecule has 2 heterocycles. The summed E-state index contributed by atoms with van der Waals surface area (Å²) in [5, 5.41) is 2.94. The van der Waals surface area contributed by atoms with Gasteiger partial charge in [-0.2, -0.15) is 0 Å². The molecule has 2 aliphatic heterocycles. The number of nitrogens with one attached hydrogen (secondary N) is 1. The summed E-state index contributed by atoms with van der Waals surface area (Å²) >= 11 is 0. The van der Waals surface area contributed by atoms with Crippen LogP contribution in [0.4, 0.5) is 0 Å². The van der Waals surface area contributed by atoms with E-state index in [0.717, 1.165) is 37.5 Å². The lowest BCUT2D eigenvalue weighted by molar-refractivity contribution is 0.0425. The number of ether oxygens (including phenoxy) is 5. The van der Waals surface area contributed by atoms with Crippen molar-refractivity contribution in [2.45, 2.75) is 77.7 Å². The summed E-state index contributed by atoms with van der Waals surface area (Å²) in [5.41, 5.74) is 0.146. The molecular formula is C45H41NO13. The van der Waals surface area contributed by atoms with Crippen molar-refractivity contribution in [2.24, 2.45) is 0 Å². The number of carbonyl (C=O) groups is 8. The molecule has 0 spiro atoms. The molecule has 1 amide bonds. The molecule has 4 aromatic carbocycles. The van der Waals surface area contributed by atoms with E-state index >= 15 is 0 Å². The second-order valence-electron chi connectivity index (χ2n) is 14.0. The van der Waals surface area contributed by atoms with Crippen molar-refractivity contribution in [3.8, 4) is 11.5 Å². The molecule has 2 aliphatic rings. The number of benzene rings is 4. The van der Waals surface area contributed by atoms with E-state index in [9.17, 15) is 38.4 Å². The van der Waals surface area contributed by atoms with Crippen molar-refractivity contribution in [1.82, 2.24) is 5.32 Å². The molecule has 14 nitrogen and oxygen atoms in total. The first-order valence-electron chi connectivity index (χ1n) is 19.5. The molecule has 0 radical (unpaired) electrons. The standard InChI is InChI=1S/C45H41NO13/c1-2-3-4-5-6-7-8-9-10-11-22-46-38(47)28-14-12-27(13-15-28)26-55-41(50)36-25-31(56-39(48)29-16-19-32-34(23-29)44(53)58-42(32)51)18-21-37(36)57-40(49)30-17-20-33-35(24-30)45(54)59-43(33)52/h12-21,23-25H,2-11,22,26H2,1H3,(H,46,47). The normalized spacial score (nSPS) is 12.6. The molecule has 0 aromatic heterocycles. The summed E-state index contributed by atoms with van der Waals surface area (Å²) < 4.78 is 25.7. The Hall–Kier alpha value is -6.96. The maximum atomic E-state index is 13.6. The highest BCUT2D eigenvalue weighted by atomic mass is 16.6. The van der Waals surface area contributed by atoms with Crippen LogP contribution in [0, 0.1) is 0 Å². The summed E-state index contributed by atoms with van der Waals surface area (Å²) in [6.07, 6.45) is 12.0. The Morgan fingerprint density at radius 3 is 1.61 bits per heavy atom. The van der Waals surface area contributed by atoms with Crippen LogP contribution in [-0.4, -0.2) is 54.2 Å². The number of unbranched alkanes of at least 4 members (excludes halogenated alkanes) is 9. The van der Waals surface area contributed by atoms with E-state index in [0.29, 0.717) is 17.7 Å². The molecular weight excluding hydrogens is 762 g/mol. The van der Waals surface area contributed by atoms with Gasteiger partial charge in [-0.15, -0.1) is 0 Å². The van der Waals surface area contributed by atoms with Crippen molar-refractivity contribution in [1.29, 1.82) is 0 Å². The second kappa shape index (κ2) is 19.5. The molecule has 0 atom stereocenters. The third-order valence-electron chi connectivity index (χ3n) is 9.75. The van der Waals surface area contributed by atoms with Crippen LogP contribution in [0.15, 0.2) is 78.9 Å². The molecule has 14 heteroatoms. The Kier molecular flexibility index (Phi) is 13.7. The van der Waals surface area contributed by atoms with Gasteiger partial charge in [-0.05, 0) is 78.7 Å². The van der Waals surface area contributed by atoms with Gasteiger partial charge in [0.05, 0.1) is 33.4 Å². The Balaban J connectivity index is 1.08. The highest BCUT2D eigenvalue weighted by molar-refractivity contribution is 6.16. The van der Waals surface area contributed by atoms with Crippen molar-refractivity contribution < 1.29 is 62.0 Å². The van der Waals surface area contributed by atoms with Crippen LogP contribution < -0.4 is 14.8 Å².